The Morgan fingerprint density at radius 3 is 2.46 bits per heavy atom. The van der Waals surface area contributed by atoms with Gasteiger partial charge >= 0.3 is 0 Å². The normalized spacial score (nSPS) is 11.7. The Bertz CT molecular complexity index is 786. The van der Waals surface area contributed by atoms with Gasteiger partial charge in [0.05, 0.1) is 6.42 Å². The Morgan fingerprint density at radius 2 is 1.79 bits per heavy atom. The molecule has 2 aromatic carbocycles. The molecular weight excluding hydrogens is 348 g/mol. The molecule has 0 aromatic heterocycles. The average molecular weight is 381 g/mol. The fourth-order valence-corrected chi connectivity index (χ4v) is 3.22. The first-order chi connectivity index (χ1) is 13.4. The van der Waals surface area contributed by atoms with Crippen LogP contribution in [0.25, 0.3) is 0 Å². The second kappa shape index (κ2) is 10.6. The maximum atomic E-state index is 13.2. The van der Waals surface area contributed by atoms with E-state index in [9.17, 15) is 9.59 Å². The van der Waals surface area contributed by atoms with Crippen LogP contribution in [0.4, 0.5) is 0 Å². The smallest absolute Gasteiger partial charge is 0.242 e. The molecule has 1 atom stereocenters. The van der Waals surface area contributed by atoms with Crippen molar-refractivity contribution in [1.82, 2.24) is 10.2 Å². The highest BCUT2D eigenvalue weighted by atomic mass is 16.2. The predicted molar refractivity (Wildman–Crippen MR) is 114 cm³/mol. The molecule has 0 saturated carbocycles. The van der Waals surface area contributed by atoms with Gasteiger partial charge in [-0.05, 0) is 50.3 Å². The van der Waals surface area contributed by atoms with Gasteiger partial charge < -0.3 is 10.2 Å². The molecule has 0 fully saturated rings. The summed E-state index contributed by atoms with van der Waals surface area (Å²) in [5.74, 6) is -0.104. The van der Waals surface area contributed by atoms with Crippen molar-refractivity contribution in [2.45, 2.75) is 53.0 Å². The molecule has 0 aliphatic rings. The summed E-state index contributed by atoms with van der Waals surface area (Å²) in [6.07, 6.45) is 1.91. The van der Waals surface area contributed by atoms with E-state index in [0.29, 0.717) is 19.5 Å². The maximum Gasteiger partial charge on any atom is 0.242 e. The van der Waals surface area contributed by atoms with Gasteiger partial charge in [0.15, 0.2) is 0 Å². The molecule has 0 radical (unpaired) electrons. The van der Waals surface area contributed by atoms with Crippen molar-refractivity contribution in [3.63, 3.8) is 0 Å². The van der Waals surface area contributed by atoms with Crippen molar-refractivity contribution >= 4 is 11.8 Å². The second-order valence-electron chi connectivity index (χ2n) is 7.40. The van der Waals surface area contributed by atoms with Crippen LogP contribution in [0.2, 0.25) is 0 Å². The molecule has 4 nitrogen and oxygen atoms in total. The number of aryl methyl sites for hydroxylation is 2. The minimum Gasteiger partial charge on any atom is -0.354 e. The molecule has 0 bridgehead atoms. The van der Waals surface area contributed by atoms with E-state index in [-0.39, 0.29) is 11.8 Å². The molecule has 2 amide bonds. The summed E-state index contributed by atoms with van der Waals surface area (Å²) in [4.78, 5) is 27.4. The third-order valence-electron chi connectivity index (χ3n) is 5.05. The Labute approximate surface area is 169 Å². The largest absolute Gasteiger partial charge is 0.354 e. The van der Waals surface area contributed by atoms with Gasteiger partial charge in [0.25, 0.3) is 0 Å². The first-order valence-corrected chi connectivity index (χ1v) is 10.1. The van der Waals surface area contributed by atoms with Gasteiger partial charge in [0, 0.05) is 13.1 Å². The van der Waals surface area contributed by atoms with Gasteiger partial charge in [-0.3, -0.25) is 9.59 Å². The quantitative estimate of drug-likeness (QED) is 0.719. The predicted octanol–water partition coefficient (Wildman–Crippen LogP) is 3.83. The number of rotatable bonds is 9. The van der Waals surface area contributed by atoms with Crippen molar-refractivity contribution in [1.29, 1.82) is 0 Å². The Morgan fingerprint density at radius 1 is 1.07 bits per heavy atom. The molecule has 150 valence electrons. The topological polar surface area (TPSA) is 49.4 Å². The molecule has 1 N–H and O–H groups in total. The molecule has 0 aliphatic carbocycles. The SMILES string of the molecule is CCCNC(=O)[C@H](C)N(CCc1ccccc1)C(=O)Cc1cc(C)ccc1C. The van der Waals surface area contributed by atoms with Gasteiger partial charge in [0.1, 0.15) is 6.04 Å². The monoisotopic (exact) mass is 380 g/mol. The van der Waals surface area contributed by atoms with Crippen LogP contribution in [0.3, 0.4) is 0 Å². The summed E-state index contributed by atoms with van der Waals surface area (Å²) in [5, 5.41) is 2.92. The fraction of sp³-hybridized carbons (Fsp3) is 0.417. The van der Waals surface area contributed by atoms with Gasteiger partial charge in [-0.1, -0.05) is 61.0 Å². The van der Waals surface area contributed by atoms with E-state index in [1.807, 2.05) is 52.0 Å². The minimum atomic E-state index is -0.493. The van der Waals surface area contributed by atoms with Crippen molar-refractivity contribution < 1.29 is 9.59 Å². The first-order valence-electron chi connectivity index (χ1n) is 10.1. The number of nitrogens with zero attached hydrogens (tertiary/aromatic N) is 1. The van der Waals surface area contributed by atoms with Crippen LogP contribution in [-0.2, 0) is 22.4 Å². The van der Waals surface area contributed by atoms with Gasteiger partial charge in [-0.25, -0.2) is 0 Å². The number of carbonyl (C=O) groups excluding carboxylic acids is 2. The molecule has 0 heterocycles. The lowest BCUT2D eigenvalue weighted by Crippen LogP contribution is -2.49. The molecule has 4 heteroatoms. The highest BCUT2D eigenvalue weighted by Crippen LogP contribution is 2.14. The average Bonchev–Trinajstić information content (AvgIpc) is 2.69. The number of amides is 2. The summed E-state index contributed by atoms with van der Waals surface area (Å²) in [6.45, 7) is 9.03. The standard InChI is InChI=1S/C24H32N2O2/c1-5-14-25-24(28)20(4)26(15-13-21-9-7-6-8-10-21)23(27)17-22-16-18(2)11-12-19(22)3/h6-12,16,20H,5,13-15,17H2,1-4H3,(H,25,28)/t20-/m0/s1. The Balaban J connectivity index is 2.16. The van der Waals surface area contributed by atoms with E-state index in [4.69, 9.17) is 0 Å². The number of hydrogen-bond acceptors (Lipinski definition) is 2. The first kappa shape index (κ1) is 21.7. The zero-order valence-electron chi connectivity index (χ0n) is 17.5. The van der Waals surface area contributed by atoms with E-state index in [2.05, 4.69) is 29.6 Å². The third-order valence-corrected chi connectivity index (χ3v) is 5.05. The number of hydrogen-bond donors (Lipinski definition) is 1. The van der Waals surface area contributed by atoms with Crippen LogP contribution in [0.15, 0.2) is 48.5 Å². The van der Waals surface area contributed by atoms with Crippen molar-refractivity contribution in [2.75, 3.05) is 13.1 Å². The lowest BCUT2D eigenvalue weighted by Gasteiger charge is -2.29. The van der Waals surface area contributed by atoms with Crippen LogP contribution < -0.4 is 5.32 Å². The minimum absolute atomic E-state index is 0.0104. The lowest BCUT2D eigenvalue weighted by atomic mass is 10.0. The molecule has 2 rings (SSSR count). The summed E-state index contributed by atoms with van der Waals surface area (Å²) < 4.78 is 0. The number of nitrogens with one attached hydrogen (secondary N) is 1. The van der Waals surface area contributed by atoms with Crippen molar-refractivity contribution in [3.05, 3.63) is 70.8 Å². The maximum absolute atomic E-state index is 13.2. The summed E-state index contributed by atoms with van der Waals surface area (Å²) in [5.41, 5.74) is 4.42. The van der Waals surface area contributed by atoms with Gasteiger partial charge in [-0.2, -0.15) is 0 Å². The van der Waals surface area contributed by atoms with E-state index >= 15 is 0 Å². The molecule has 0 spiro atoms. The van der Waals surface area contributed by atoms with E-state index < -0.39 is 6.04 Å². The fourth-order valence-electron chi connectivity index (χ4n) is 3.22. The van der Waals surface area contributed by atoms with Crippen LogP contribution in [0.1, 0.15) is 42.5 Å². The molecule has 0 unspecified atom stereocenters. The van der Waals surface area contributed by atoms with Gasteiger partial charge in [0.2, 0.25) is 11.8 Å². The third kappa shape index (κ3) is 6.22. The second-order valence-corrected chi connectivity index (χ2v) is 7.40. The molecule has 0 saturated heterocycles. The summed E-state index contributed by atoms with van der Waals surface area (Å²) in [7, 11) is 0. The highest BCUT2D eigenvalue weighted by Gasteiger charge is 2.25. The zero-order valence-corrected chi connectivity index (χ0v) is 17.5. The van der Waals surface area contributed by atoms with Crippen molar-refractivity contribution in [2.24, 2.45) is 0 Å². The number of carbonyl (C=O) groups is 2. The van der Waals surface area contributed by atoms with E-state index in [1.54, 1.807) is 4.90 Å². The van der Waals surface area contributed by atoms with Crippen LogP contribution in [-0.4, -0.2) is 35.8 Å². The van der Waals surface area contributed by atoms with Crippen molar-refractivity contribution in [3.8, 4) is 0 Å². The molecular formula is C24H32N2O2. The zero-order chi connectivity index (χ0) is 20.5. The van der Waals surface area contributed by atoms with Crippen LogP contribution in [0, 0.1) is 13.8 Å². The summed E-state index contributed by atoms with van der Waals surface area (Å²) in [6, 6.07) is 15.7. The van der Waals surface area contributed by atoms with E-state index in [1.165, 1.54) is 0 Å². The van der Waals surface area contributed by atoms with E-state index in [0.717, 1.165) is 35.1 Å². The van der Waals surface area contributed by atoms with Crippen LogP contribution in [0.5, 0.6) is 0 Å². The summed E-state index contributed by atoms with van der Waals surface area (Å²) >= 11 is 0. The molecule has 0 aliphatic heterocycles. The Kier molecular flexibility index (Phi) is 8.24. The molecule has 2 aromatic rings. The van der Waals surface area contributed by atoms with Gasteiger partial charge in [-0.15, -0.1) is 0 Å². The number of benzene rings is 2. The highest BCUT2D eigenvalue weighted by molar-refractivity contribution is 5.88. The molecule has 28 heavy (non-hydrogen) atoms. The van der Waals surface area contributed by atoms with Crippen LogP contribution >= 0.6 is 0 Å². The lowest BCUT2D eigenvalue weighted by molar-refractivity contribution is -0.139. The Hall–Kier alpha value is -2.62.